The molecule has 1 amide bonds. The van der Waals surface area contributed by atoms with Crippen LogP contribution in [0, 0.1) is 29.4 Å². The van der Waals surface area contributed by atoms with Crippen molar-refractivity contribution in [1.82, 2.24) is 19.7 Å². The van der Waals surface area contributed by atoms with E-state index in [1.807, 2.05) is 18.7 Å². The first-order chi connectivity index (χ1) is 18.5. The SMILES string of the molecule is C[C@@H]1CN(C(=O)[C@@H]2CN(c3ccc(=O)n(C)n3)C[C@H]2c2ncc(Cl)cc2F)C[C@H](C)C1(O)c1ccc(F)cc1. The zero-order valence-electron chi connectivity index (χ0n) is 21.9. The van der Waals surface area contributed by atoms with Gasteiger partial charge in [0.15, 0.2) is 0 Å². The Hall–Kier alpha value is -3.37. The third-order valence-corrected chi connectivity index (χ3v) is 8.41. The van der Waals surface area contributed by atoms with Gasteiger partial charge < -0.3 is 14.9 Å². The summed E-state index contributed by atoms with van der Waals surface area (Å²) < 4.78 is 29.8. The molecule has 2 aromatic heterocycles. The minimum Gasteiger partial charge on any atom is -0.384 e. The van der Waals surface area contributed by atoms with E-state index in [-0.39, 0.29) is 66.0 Å². The second-order valence-corrected chi connectivity index (χ2v) is 11.1. The number of carbonyl (C=O) groups is 1. The molecule has 5 rings (SSSR count). The average molecular weight is 558 g/mol. The molecule has 0 radical (unpaired) electrons. The maximum absolute atomic E-state index is 15.1. The average Bonchev–Trinajstić information content (AvgIpc) is 3.33. The Bertz CT molecular complexity index is 1440. The van der Waals surface area contributed by atoms with E-state index in [9.17, 15) is 19.1 Å². The van der Waals surface area contributed by atoms with E-state index >= 15 is 4.39 Å². The third kappa shape index (κ3) is 4.91. The molecule has 1 unspecified atom stereocenters. The molecule has 0 spiro atoms. The molecule has 0 aliphatic carbocycles. The van der Waals surface area contributed by atoms with Crippen LogP contribution in [0.25, 0.3) is 0 Å². The van der Waals surface area contributed by atoms with Gasteiger partial charge in [0.1, 0.15) is 17.5 Å². The van der Waals surface area contributed by atoms with Crippen molar-refractivity contribution in [3.8, 4) is 0 Å². The van der Waals surface area contributed by atoms with Gasteiger partial charge in [-0.1, -0.05) is 37.6 Å². The summed E-state index contributed by atoms with van der Waals surface area (Å²) in [6, 6.07) is 9.99. The van der Waals surface area contributed by atoms with Crippen LogP contribution in [-0.2, 0) is 17.4 Å². The molecule has 3 aromatic rings. The number of aliphatic hydroxyl groups is 1. The molecule has 2 aliphatic rings. The number of hydrogen-bond donors (Lipinski definition) is 1. The van der Waals surface area contributed by atoms with Crippen molar-refractivity contribution in [3.63, 3.8) is 0 Å². The van der Waals surface area contributed by atoms with Crippen molar-refractivity contribution in [1.29, 1.82) is 0 Å². The van der Waals surface area contributed by atoms with Gasteiger partial charge in [-0.15, -0.1) is 0 Å². The molecule has 8 nitrogen and oxygen atoms in total. The summed E-state index contributed by atoms with van der Waals surface area (Å²) in [4.78, 5) is 33.8. The highest BCUT2D eigenvalue weighted by molar-refractivity contribution is 6.30. The van der Waals surface area contributed by atoms with Crippen molar-refractivity contribution >= 4 is 23.3 Å². The molecule has 1 aromatic carbocycles. The van der Waals surface area contributed by atoms with Crippen LogP contribution < -0.4 is 10.5 Å². The number of likely N-dealkylation sites (tertiary alicyclic amines) is 1. The maximum Gasteiger partial charge on any atom is 0.266 e. The molecular weight excluding hydrogens is 528 g/mol. The van der Waals surface area contributed by atoms with Crippen molar-refractivity contribution in [2.75, 3.05) is 31.1 Å². The second-order valence-electron chi connectivity index (χ2n) is 10.7. The first-order valence-corrected chi connectivity index (χ1v) is 13.2. The number of nitrogens with zero attached hydrogens (tertiary/aromatic N) is 5. The normalized spacial score (nSPS) is 27.2. The van der Waals surface area contributed by atoms with E-state index in [1.165, 1.54) is 35.1 Å². The fourth-order valence-corrected chi connectivity index (χ4v) is 6.22. The Labute approximate surface area is 229 Å². The lowest BCUT2D eigenvalue weighted by Crippen LogP contribution is -2.57. The number of halogens is 3. The van der Waals surface area contributed by atoms with Crippen molar-refractivity contribution in [2.24, 2.45) is 24.8 Å². The fourth-order valence-electron chi connectivity index (χ4n) is 6.07. The number of aryl methyl sites for hydroxylation is 1. The van der Waals surface area contributed by atoms with Gasteiger partial charge in [0.25, 0.3) is 5.56 Å². The lowest BCUT2D eigenvalue weighted by molar-refractivity contribution is -0.152. The van der Waals surface area contributed by atoms with E-state index in [0.717, 1.165) is 0 Å². The Morgan fingerprint density at radius 1 is 1.05 bits per heavy atom. The lowest BCUT2D eigenvalue weighted by Gasteiger charge is -2.48. The summed E-state index contributed by atoms with van der Waals surface area (Å²) in [6.45, 7) is 4.80. The largest absolute Gasteiger partial charge is 0.384 e. The zero-order valence-corrected chi connectivity index (χ0v) is 22.6. The van der Waals surface area contributed by atoms with Crippen LogP contribution in [0.5, 0.6) is 0 Å². The van der Waals surface area contributed by atoms with E-state index in [1.54, 1.807) is 30.1 Å². The van der Waals surface area contributed by atoms with Gasteiger partial charge in [-0.25, -0.2) is 13.5 Å². The number of aromatic nitrogens is 3. The Kier molecular flexibility index (Phi) is 7.19. The van der Waals surface area contributed by atoms with Gasteiger partial charge in [-0.3, -0.25) is 14.6 Å². The first kappa shape index (κ1) is 27.2. The van der Waals surface area contributed by atoms with Crippen LogP contribution in [0.15, 0.2) is 53.5 Å². The molecule has 206 valence electrons. The number of piperidine rings is 1. The molecule has 2 fully saturated rings. The summed E-state index contributed by atoms with van der Waals surface area (Å²) in [5, 5.41) is 16.2. The molecule has 39 heavy (non-hydrogen) atoms. The van der Waals surface area contributed by atoms with Crippen LogP contribution in [-0.4, -0.2) is 56.9 Å². The lowest BCUT2D eigenvalue weighted by atomic mass is 9.70. The monoisotopic (exact) mass is 557 g/mol. The smallest absolute Gasteiger partial charge is 0.266 e. The minimum absolute atomic E-state index is 0.144. The highest BCUT2D eigenvalue weighted by Crippen LogP contribution is 2.43. The molecule has 4 heterocycles. The van der Waals surface area contributed by atoms with Crippen LogP contribution >= 0.6 is 11.6 Å². The maximum atomic E-state index is 15.1. The quantitative estimate of drug-likeness (QED) is 0.529. The first-order valence-electron chi connectivity index (χ1n) is 12.9. The van der Waals surface area contributed by atoms with Crippen LogP contribution in [0.4, 0.5) is 14.6 Å². The van der Waals surface area contributed by atoms with Crippen LogP contribution in [0.2, 0.25) is 5.02 Å². The molecule has 0 bridgehead atoms. The van der Waals surface area contributed by atoms with Gasteiger partial charge in [-0.2, -0.15) is 5.10 Å². The van der Waals surface area contributed by atoms with Gasteiger partial charge >= 0.3 is 0 Å². The van der Waals surface area contributed by atoms with Crippen molar-refractivity contribution < 1.29 is 18.7 Å². The molecule has 0 saturated carbocycles. The van der Waals surface area contributed by atoms with Gasteiger partial charge in [0.2, 0.25) is 5.91 Å². The van der Waals surface area contributed by atoms with E-state index in [4.69, 9.17) is 11.6 Å². The molecule has 2 aliphatic heterocycles. The number of amides is 1. The summed E-state index contributed by atoms with van der Waals surface area (Å²) >= 11 is 5.94. The van der Waals surface area contributed by atoms with E-state index in [0.29, 0.717) is 11.4 Å². The van der Waals surface area contributed by atoms with E-state index in [2.05, 4.69) is 10.1 Å². The highest BCUT2D eigenvalue weighted by atomic mass is 35.5. The molecule has 11 heteroatoms. The van der Waals surface area contributed by atoms with Crippen LogP contribution in [0.3, 0.4) is 0 Å². The zero-order chi connectivity index (χ0) is 28.1. The molecule has 1 N–H and O–H groups in total. The van der Waals surface area contributed by atoms with Crippen LogP contribution in [0.1, 0.15) is 31.0 Å². The van der Waals surface area contributed by atoms with Crippen molar-refractivity contribution in [2.45, 2.75) is 25.4 Å². The summed E-state index contributed by atoms with van der Waals surface area (Å²) in [5.41, 5.74) is -0.758. The topological polar surface area (TPSA) is 91.6 Å². The predicted molar refractivity (Wildman–Crippen MR) is 142 cm³/mol. The summed E-state index contributed by atoms with van der Waals surface area (Å²) in [5.74, 6) is -2.58. The number of anilines is 1. The van der Waals surface area contributed by atoms with Gasteiger partial charge in [0.05, 0.1) is 22.2 Å². The van der Waals surface area contributed by atoms with Gasteiger partial charge in [0, 0.05) is 63.2 Å². The number of rotatable bonds is 4. The summed E-state index contributed by atoms with van der Waals surface area (Å²) in [6.07, 6.45) is 1.36. The summed E-state index contributed by atoms with van der Waals surface area (Å²) in [7, 11) is 1.54. The Balaban J connectivity index is 1.44. The van der Waals surface area contributed by atoms with Gasteiger partial charge in [-0.05, 0) is 29.8 Å². The number of carbonyl (C=O) groups excluding carboxylic acids is 1. The minimum atomic E-state index is -1.24. The number of hydrogen-bond acceptors (Lipinski definition) is 6. The fraction of sp³-hybridized carbons (Fsp3) is 0.429. The molecule has 2 saturated heterocycles. The number of benzene rings is 1. The number of pyridine rings is 1. The van der Waals surface area contributed by atoms with Crippen molar-refractivity contribution in [3.05, 3.63) is 86.9 Å². The molecule has 5 atom stereocenters. The Morgan fingerprint density at radius 2 is 1.72 bits per heavy atom. The predicted octanol–water partition coefficient (Wildman–Crippen LogP) is 3.33. The molecular formula is C28H30ClF2N5O3. The highest BCUT2D eigenvalue weighted by Gasteiger charge is 2.49. The third-order valence-electron chi connectivity index (χ3n) is 8.20. The Morgan fingerprint density at radius 3 is 2.33 bits per heavy atom. The standard InChI is InChI=1S/C28H30ClF2N5O3/c1-16-12-36(13-17(2)28(16,39)18-4-6-20(30)7-5-18)27(38)22-15-35(24-8-9-25(37)34(3)33-24)14-21(22)26-23(31)10-19(29)11-32-26/h4-11,16-17,21-22,39H,12-15H2,1-3H3/t16-,17+,21-,22-,28?/m1/s1. The second kappa shape index (κ2) is 10.3. The van der Waals surface area contributed by atoms with E-state index < -0.39 is 23.3 Å².